The molecule has 3 aromatic rings. The van der Waals surface area contributed by atoms with Crippen LogP contribution in [0.3, 0.4) is 0 Å². The molecule has 0 N–H and O–H groups in total. The van der Waals surface area contributed by atoms with Gasteiger partial charge in [-0.1, -0.05) is 41.5 Å². The quantitative estimate of drug-likeness (QED) is 0.266. The predicted molar refractivity (Wildman–Crippen MR) is 140 cm³/mol. The van der Waals surface area contributed by atoms with Gasteiger partial charge in [0.2, 0.25) is 0 Å². The van der Waals surface area contributed by atoms with Crippen molar-refractivity contribution >= 4 is 46.4 Å². The fourth-order valence-electron chi connectivity index (χ4n) is 4.88. The SMILES string of the molecule is Cc1cc(C)c(P(c2c(C)cc(C)cc2C)c2c(C)cc(C)c(I)c2C)c(C)c1. The third-order valence-corrected chi connectivity index (χ3v) is 10.9. The Kier molecular flexibility index (Phi) is 6.61. The lowest BCUT2D eigenvalue weighted by Gasteiger charge is -2.30. The predicted octanol–water partition coefficient (Wildman–Crippen LogP) is 6.83. The van der Waals surface area contributed by atoms with Gasteiger partial charge in [-0.2, -0.15) is 0 Å². The maximum absolute atomic E-state index is 2.54. The summed E-state index contributed by atoms with van der Waals surface area (Å²) in [6, 6.07) is 11.8. The topological polar surface area (TPSA) is 0 Å². The van der Waals surface area contributed by atoms with Crippen LogP contribution in [0.4, 0.5) is 0 Å². The van der Waals surface area contributed by atoms with Gasteiger partial charge in [-0.05, 0) is 148 Å². The van der Waals surface area contributed by atoms with Crippen molar-refractivity contribution in [2.24, 2.45) is 0 Å². The van der Waals surface area contributed by atoms with Gasteiger partial charge in [0.25, 0.3) is 0 Å². The summed E-state index contributed by atoms with van der Waals surface area (Å²) >= 11 is 2.54. The maximum atomic E-state index is 2.54. The normalized spacial score (nSPS) is 11.4. The van der Waals surface area contributed by atoms with Gasteiger partial charge in [-0.25, -0.2) is 0 Å². The molecule has 0 unspecified atom stereocenters. The number of aryl methyl sites for hydroxylation is 8. The largest absolute Gasteiger partial charge is 0.0557 e. The Labute approximate surface area is 192 Å². The fraction of sp³-hybridized carbons (Fsp3) is 0.333. The Balaban J connectivity index is 2.48. The van der Waals surface area contributed by atoms with Gasteiger partial charge in [-0.15, -0.1) is 0 Å². The van der Waals surface area contributed by atoms with Crippen LogP contribution in [0.15, 0.2) is 30.3 Å². The van der Waals surface area contributed by atoms with Crippen LogP contribution in [0.5, 0.6) is 0 Å². The number of rotatable bonds is 3. The van der Waals surface area contributed by atoms with Crippen LogP contribution in [0, 0.1) is 65.9 Å². The third kappa shape index (κ3) is 4.19. The van der Waals surface area contributed by atoms with Crippen LogP contribution in [-0.2, 0) is 0 Å². The lowest BCUT2D eigenvalue weighted by molar-refractivity contribution is 1.31. The smallest absolute Gasteiger partial charge is 0.0195 e. The van der Waals surface area contributed by atoms with E-state index in [-0.39, 0.29) is 0 Å². The lowest BCUT2D eigenvalue weighted by Crippen LogP contribution is -2.31. The zero-order chi connectivity index (χ0) is 21.6. The molecular weight excluding hydrogens is 482 g/mol. The standard InChI is InChI=1S/C27H32IP/c1-15-10-18(4)25(19(5)11-15)29(26-20(6)12-16(2)13-21(26)7)27-22(8)14-17(3)24(28)23(27)9/h10-14H,1-9H3. The Hall–Kier alpha value is -1.18. The van der Waals surface area contributed by atoms with Gasteiger partial charge in [0.15, 0.2) is 0 Å². The van der Waals surface area contributed by atoms with E-state index in [1.165, 1.54) is 64.3 Å². The van der Waals surface area contributed by atoms with E-state index in [0.29, 0.717) is 0 Å². The van der Waals surface area contributed by atoms with E-state index in [2.05, 4.69) is 115 Å². The summed E-state index contributed by atoms with van der Waals surface area (Å²) < 4.78 is 1.40. The third-order valence-electron chi connectivity index (χ3n) is 5.78. The van der Waals surface area contributed by atoms with Crippen molar-refractivity contribution in [3.63, 3.8) is 0 Å². The molecule has 0 bridgehead atoms. The first-order chi connectivity index (χ1) is 13.5. The van der Waals surface area contributed by atoms with E-state index in [4.69, 9.17) is 0 Å². The molecule has 3 aromatic carbocycles. The Morgan fingerprint density at radius 1 is 0.483 bits per heavy atom. The van der Waals surface area contributed by atoms with Crippen molar-refractivity contribution in [1.82, 2.24) is 0 Å². The Morgan fingerprint density at radius 2 is 0.828 bits per heavy atom. The zero-order valence-electron chi connectivity index (χ0n) is 19.2. The molecule has 0 nitrogen and oxygen atoms in total. The summed E-state index contributed by atoms with van der Waals surface area (Å²) in [4.78, 5) is 0. The van der Waals surface area contributed by atoms with Gasteiger partial charge in [0.1, 0.15) is 0 Å². The van der Waals surface area contributed by atoms with E-state index >= 15 is 0 Å². The fourth-order valence-corrected chi connectivity index (χ4v) is 8.72. The highest BCUT2D eigenvalue weighted by Gasteiger charge is 2.27. The van der Waals surface area contributed by atoms with Crippen LogP contribution in [0.2, 0.25) is 0 Å². The summed E-state index contributed by atoms with van der Waals surface area (Å²) in [7, 11) is -0.629. The monoisotopic (exact) mass is 514 g/mol. The molecule has 3 rings (SSSR count). The summed E-state index contributed by atoms with van der Waals surface area (Å²) in [6.07, 6.45) is 0. The van der Waals surface area contributed by atoms with Crippen LogP contribution < -0.4 is 15.9 Å². The van der Waals surface area contributed by atoms with Crippen molar-refractivity contribution in [1.29, 1.82) is 0 Å². The van der Waals surface area contributed by atoms with E-state index in [9.17, 15) is 0 Å². The van der Waals surface area contributed by atoms with Gasteiger partial charge >= 0.3 is 0 Å². The van der Waals surface area contributed by atoms with Crippen LogP contribution in [0.1, 0.15) is 50.1 Å². The average molecular weight is 514 g/mol. The van der Waals surface area contributed by atoms with E-state index in [1.54, 1.807) is 5.30 Å². The van der Waals surface area contributed by atoms with Gasteiger partial charge in [0.05, 0.1) is 0 Å². The molecule has 29 heavy (non-hydrogen) atoms. The highest BCUT2D eigenvalue weighted by atomic mass is 127. The molecule has 0 aliphatic carbocycles. The average Bonchev–Trinajstić information content (AvgIpc) is 2.57. The molecule has 0 saturated carbocycles. The highest BCUT2D eigenvalue weighted by molar-refractivity contribution is 14.1. The van der Waals surface area contributed by atoms with Crippen molar-refractivity contribution in [2.75, 3.05) is 0 Å². The first-order valence-corrected chi connectivity index (χ1v) is 12.7. The second-order valence-corrected chi connectivity index (χ2v) is 11.7. The minimum atomic E-state index is -0.629. The van der Waals surface area contributed by atoms with E-state index in [0.717, 1.165) is 0 Å². The van der Waals surface area contributed by atoms with Crippen molar-refractivity contribution in [3.05, 3.63) is 84.0 Å². The minimum absolute atomic E-state index is 0.629. The lowest BCUT2D eigenvalue weighted by atomic mass is 10.1. The zero-order valence-corrected chi connectivity index (χ0v) is 22.3. The van der Waals surface area contributed by atoms with E-state index < -0.39 is 7.92 Å². The van der Waals surface area contributed by atoms with Crippen molar-refractivity contribution in [2.45, 2.75) is 62.3 Å². The molecule has 0 fully saturated rings. The molecule has 0 radical (unpaired) electrons. The number of hydrogen-bond donors (Lipinski definition) is 0. The molecule has 0 amide bonds. The van der Waals surface area contributed by atoms with Crippen molar-refractivity contribution in [3.8, 4) is 0 Å². The molecule has 2 heteroatoms. The molecule has 0 aromatic heterocycles. The van der Waals surface area contributed by atoms with Crippen LogP contribution >= 0.6 is 30.5 Å². The molecule has 0 atom stereocenters. The molecule has 152 valence electrons. The Morgan fingerprint density at radius 3 is 1.21 bits per heavy atom. The summed E-state index contributed by atoms with van der Waals surface area (Å²) in [5.74, 6) is 0. The summed E-state index contributed by atoms with van der Waals surface area (Å²) in [5.41, 5.74) is 12.6. The Bertz CT molecular complexity index is 1000. The molecule has 0 heterocycles. The maximum Gasteiger partial charge on any atom is 0.0195 e. The number of halogens is 1. The first-order valence-electron chi connectivity index (χ1n) is 10.2. The molecule has 0 spiro atoms. The van der Waals surface area contributed by atoms with E-state index in [1.807, 2.05) is 0 Å². The minimum Gasteiger partial charge on any atom is -0.0557 e. The summed E-state index contributed by atoms with van der Waals surface area (Å²) in [5, 5.41) is 4.61. The molecule has 0 aliphatic heterocycles. The van der Waals surface area contributed by atoms with Crippen molar-refractivity contribution < 1.29 is 0 Å². The number of hydrogen-bond acceptors (Lipinski definition) is 0. The van der Waals surface area contributed by atoms with Gasteiger partial charge < -0.3 is 0 Å². The molecule has 0 saturated heterocycles. The molecular formula is C27H32IP. The second-order valence-electron chi connectivity index (χ2n) is 8.63. The number of benzene rings is 3. The summed E-state index contributed by atoms with van der Waals surface area (Å²) in [6.45, 7) is 20.5. The van der Waals surface area contributed by atoms with Crippen LogP contribution in [-0.4, -0.2) is 0 Å². The first kappa shape index (κ1) is 22.5. The van der Waals surface area contributed by atoms with Gasteiger partial charge in [0, 0.05) is 3.57 Å². The van der Waals surface area contributed by atoms with Crippen LogP contribution in [0.25, 0.3) is 0 Å². The molecule has 0 aliphatic rings. The second kappa shape index (κ2) is 8.52. The highest BCUT2D eigenvalue weighted by Crippen LogP contribution is 2.41. The van der Waals surface area contributed by atoms with Gasteiger partial charge in [-0.3, -0.25) is 0 Å².